The maximum absolute atomic E-state index is 14.2. The van der Waals surface area contributed by atoms with Crippen LogP contribution in [0.15, 0.2) is 37.1 Å². The standard InChI is InChI=1S/C25H26Cl2F2N2O2/c1-4-25(28,29)17-9-15(2)19-11-18(31(3)22(19)10-17)12-20-21(26)13-30-24(23(20)27)33-14-16-5-7-32-8-6-16/h4,9-11,13,16H,1,5-8,12,14H2,2-3H3. The van der Waals surface area contributed by atoms with Gasteiger partial charge in [-0.25, -0.2) is 4.98 Å². The van der Waals surface area contributed by atoms with Crippen molar-refractivity contribution in [2.75, 3.05) is 19.8 Å². The quantitative estimate of drug-likeness (QED) is 0.336. The highest BCUT2D eigenvalue weighted by atomic mass is 35.5. The predicted molar refractivity (Wildman–Crippen MR) is 128 cm³/mol. The summed E-state index contributed by atoms with van der Waals surface area (Å²) >= 11 is 13.1. The van der Waals surface area contributed by atoms with Crippen LogP contribution in [-0.2, 0) is 24.1 Å². The van der Waals surface area contributed by atoms with E-state index in [0.717, 1.165) is 42.7 Å². The molecule has 4 rings (SSSR count). The van der Waals surface area contributed by atoms with Crippen molar-refractivity contribution < 1.29 is 18.3 Å². The first-order valence-electron chi connectivity index (χ1n) is 10.9. The molecule has 33 heavy (non-hydrogen) atoms. The Hall–Kier alpha value is -2.15. The largest absolute Gasteiger partial charge is 0.476 e. The lowest BCUT2D eigenvalue weighted by Gasteiger charge is -2.22. The van der Waals surface area contributed by atoms with Crippen LogP contribution in [-0.4, -0.2) is 29.4 Å². The molecular formula is C25H26Cl2F2N2O2. The Morgan fingerprint density at radius 2 is 2.00 bits per heavy atom. The summed E-state index contributed by atoms with van der Waals surface area (Å²) in [5.74, 6) is -2.34. The SMILES string of the molecule is C=CC(F)(F)c1cc(C)c2cc(Cc3c(Cl)cnc(OCC4CCOCC4)c3Cl)n(C)c2c1. The van der Waals surface area contributed by atoms with Crippen molar-refractivity contribution in [2.24, 2.45) is 13.0 Å². The van der Waals surface area contributed by atoms with Gasteiger partial charge >= 0.3 is 0 Å². The Balaban J connectivity index is 1.64. The third-order valence-electron chi connectivity index (χ3n) is 6.30. The van der Waals surface area contributed by atoms with E-state index in [-0.39, 0.29) is 5.56 Å². The highest BCUT2D eigenvalue weighted by Gasteiger charge is 2.28. The first-order valence-corrected chi connectivity index (χ1v) is 11.6. The molecule has 0 bridgehead atoms. The van der Waals surface area contributed by atoms with Crippen molar-refractivity contribution in [3.63, 3.8) is 0 Å². The lowest BCUT2D eigenvalue weighted by Crippen LogP contribution is -2.21. The average Bonchev–Trinajstić information content (AvgIpc) is 3.12. The minimum atomic E-state index is -3.10. The molecule has 1 aliphatic rings. The summed E-state index contributed by atoms with van der Waals surface area (Å²) in [6.07, 6.45) is 4.50. The minimum absolute atomic E-state index is 0.0842. The number of fused-ring (bicyclic) bond motifs is 1. The van der Waals surface area contributed by atoms with E-state index in [0.29, 0.717) is 52.0 Å². The third kappa shape index (κ3) is 4.88. The number of pyridine rings is 1. The average molecular weight is 495 g/mol. The summed E-state index contributed by atoms with van der Waals surface area (Å²) in [4.78, 5) is 4.27. The van der Waals surface area contributed by atoms with Gasteiger partial charge in [0.05, 0.1) is 11.6 Å². The van der Waals surface area contributed by atoms with Gasteiger partial charge in [-0.05, 0) is 55.5 Å². The molecule has 1 aliphatic heterocycles. The predicted octanol–water partition coefficient (Wildman–Crippen LogP) is 6.86. The highest BCUT2D eigenvalue weighted by molar-refractivity contribution is 6.36. The van der Waals surface area contributed by atoms with Gasteiger partial charge in [0.15, 0.2) is 0 Å². The van der Waals surface area contributed by atoms with Crippen molar-refractivity contribution >= 4 is 34.1 Å². The zero-order valence-electron chi connectivity index (χ0n) is 18.6. The van der Waals surface area contributed by atoms with Crippen molar-refractivity contribution in [1.82, 2.24) is 9.55 Å². The molecule has 4 nitrogen and oxygen atoms in total. The van der Waals surface area contributed by atoms with E-state index >= 15 is 0 Å². The summed E-state index contributed by atoms with van der Waals surface area (Å²) < 4.78 is 41.7. The van der Waals surface area contributed by atoms with Crippen molar-refractivity contribution in [1.29, 1.82) is 0 Å². The summed E-state index contributed by atoms with van der Waals surface area (Å²) in [5, 5.41) is 1.70. The van der Waals surface area contributed by atoms with E-state index in [1.165, 1.54) is 12.1 Å². The molecule has 0 spiro atoms. The summed E-state index contributed by atoms with van der Waals surface area (Å²) in [6, 6.07) is 4.99. The second-order valence-corrected chi connectivity index (χ2v) is 9.28. The van der Waals surface area contributed by atoms with Crippen LogP contribution in [0.5, 0.6) is 5.88 Å². The van der Waals surface area contributed by atoms with Gasteiger partial charge in [-0.2, -0.15) is 8.78 Å². The summed E-state index contributed by atoms with van der Waals surface area (Å²) in [6.45, 7) is 7.08. The Bertz CT molecular complexity index is 1190. The Morgan fingerprint density at radius 1 is 1.27 bits per heavy atom. The number of alkyl halides is 2. The molecule has 3 aromatic rings. The molecule has 1 saturated heterocycles. The van der Waals surface area contributed by atoms with Crippen LogP contribution in [0.2, 0.25) is 10.0 Å². The van der Waals surface area contributed by atoms with E-state index in [9.17, 15) is 8.78 Å². The van der Waals surface area contributed by atoms with Crippen molar-refractivity contribution in [3.8, 4) is 5.88 Å². The van der Waals surface area contributed by atoms with Gasteiger partial charge < -0.3 is 14.0 Å². The molecule has 176 valence electrons. The van der Waals surface area contributed by atoms with E-state index < -0.39 is 5.92 Å². The molecule has 8 heteroatoms. The number of aromatic nitrogens is 2. The molecule has 0 radical (unpaired) electrons. The van der Waals surface area contributed by atoms with E-state index in [4.69, 9.17) is 32.7 Å². The van der Waals surface area contributed by atoms with Gasteiger partial charge in [0.1, 0.15) is 5.02 Å². The molecule has 0 amide bonds. The monoisotopic (exact) mass is 494 g/mol. The summed E-state index contributed by atoms with van der Waals surface area (Å²) in [5.41, 5.74) is 2.96. The third-order valence-corrected chi connectivity index (χ3v) is 7.02. The normalized spacial score (nSPS) is 15.2. The molecule has 0 atom stereocenters. The van der Waals surface area contributed by atoms with Crippen LogP contribution in [0, 0.1) is 12.8 Å². The lowest BCUT2D eigenvalue weighted by atomic mass is 10.0. The number of halogens is 4. The Kier molecular flexibility index (Phi) is 6.99. The topological polar surface area (TPSA) is 36.3 Å². The second kappa shape index (κ2) is 9.61. The van der Waals surface area contributed by atoms with E-state index in [2.05, 4.69) is 11.6 Å². The molecule has 0 unspecified atom stereocenters. The van der Waals surface area contributed by atoms with Crippen LogP contribution >= 0.6 is 23.2 Å². The fourth-order valence-electron chi connectivity index (χ4n) is 4.18. The molecule has 2 aromatic heterocycles. The fourth-order valence-corrected chi connectivity index (χ4v) is 4.71. The molecule has 1 aromatic carbocycles. The molecule has 3 heterocycles. The number of nitrogens with zero attached hydrogens (tertiary/aromatic N) is 2. The minimum Gasteiger partial charge on any atom is -0.476 e. The fraction of sp³-hybridized carbons (Fsp3) is 0.400. The highest BCUT2D eigenvalue weighted by Crippen LogP contribution is 2.37. The van der Waals surface area contributed by atoms with Crippen molar-refractivity contribution in [3.05, 3.63) is 69.5 Å². The number of hydrogen-bond donors (Lipinski definition) is 0. The number of ether oxygens (including phenoxy) is 2. The lowest BCUT2D eigenvalue weighted by molar-refractivity contribution is 0.0490. The van der Waals surface area contributed by atoms with Crippen LogP contribution in [0.4, 0.5) is 8.78 Å². The molecular weight excluding hydrogens is 469 g/mol. The maximum atomic E-state index is 14.2. The number of rotatable bonds is 7. The zero-order valence-corrected chi connectivity index (χ0v) is 20.1. The molecule has 1 fully saturated rings. The van der Waals surface area contributed by atoms with Gasteiger partial charge in [0.2, 0.25) is 5.88 Å². The van der Waals surface area contributed by atoms with Crippen LogP contribution in [0.25, 0.3) is 10.9 Å². The van der Waals surface area contributed by atoms with Crippen LogP contribution in [0.3, 0.4) is 0 Å². The zero-order chi connectivity index (χ0) is 23.8. The summed E-state index contributed by atoms with van der Waals surface area (Å²) in [7, 11) is 1.85. The Morgan fingerprint density at radius 3 is 2.70 bits per heavy atom. The maximum Gasteiger partial charge on any atom is 0.291 e. The molecule has 0 N–H and O–H groups in total. The van der Waals surface area contributed by atoms with Crippen molar-refractivity contribution in [2.45, 2.75) is 32.1 Å². The number of benzene rings is 1. The van der Waals surface area contributed by atoms with E-state index in [1.807, 2.05) is 24.6 Å². The van der Waals surface area contributed by atoms with Gasteiger partial charge in [-0.15, -0.1) is 0 Å². The van der Waals surface area contributed by atoms with Gasteiger partial charge in [0.25, 0.3) is 5.92 Å². The first kappa shape index (κ1) is 24.0. The smallest absolute Gasteiger partial charge is 0.291 e. The van der Waals surface area contributed by atoms with Gasteiger partial charge in [0, 0.05) is 60.6 Å². The second-order valence-electron chi connectivity index (χ2n) is 8.50. The van der Waals surface area contributed by atoms with Gasteiger partial charge in [-0.3, -0.25) is 0 Å². The number of allylic oxidation sites excluding steroid dienone is 1. The number of aryl methyl sites for hydroxylation is 2. The number of hydrogen-bond acceptors (Lipinski definition) is 3. The molecule has 0 saturated carbocycles. The van der Waals surface area contributed by atoms with Gasteiger partial charge in [-0.1, -0.05) is 29.8 Å². The van der Waals surface area contributed by atoms with Crippen LogP contribution < -0.4 is 4.74 Å². The Labute approximate surface area is 202 Å². The van der Waals surface area contributed by atoms with E-state index in [1.54, 1.807) is 6.20 Å². The van der Waals surface area contributed by atoms with Crippen LogP contribution in [0.1, 0.15) is 35.2 Å². The first-order chi connectivity index (χ1) is 15.7. The molecule has 0 aliphatic carbocycles.